The highest BCUT2D eigenvalue weighted by atomic mass is 32.2. The van der Waals surface area contributed by atoms with E-state index in [-0.39, 0.29) is 18.3 Å². The largest absolute Gasteiger partial charge is 0.485 e. The van der Waals surface area contributed by atoms with E-state index in [1.54, 1.807) is 0 Å². The average molecular weight is 470 g/mol. The average Bonchev–Trinajstić information content (AvgIpc) is 3.02. The minimum absolute atomic E-state index is 0.0354. The topological polar surface area (TPSA) is 86.3 Å². The van der Waals surface area contributed by atoms with Crippen LogP contribution in [0.1, 0.15) is 30.3 Å². The van der Waals surface area contributed by atoms with Crippen molar-refractivity contribution < 1.29 is 9.53 Å². The Labute approximate surface area is 196 Å². The van der Waals surface area contributed by atoms with Gasteiger partial charge in [-0.25, -0.2) is 4.68 Å². The zero-order chi connectivity index (χ0) is 22.7. The summed E-state index contributed by atoms with van der Waals surface area (Å²) in [4.78, 5) is 16.1. The number of aryl methyl sites for hydroxylation is 2. The number of nitrogen functional groups attached to an aromatic ring is 1. The summed E-state index contributed by atoms with van der Waals surface area (Å²) < 4.78 is 7.26. The maximum atomic E-state index is 13.1. The van der Waals surface area contributed by atoms with Crippen molar-refractivity contribution in [3.63, 3.8) is 0 Å². The maximum Gasteiger partial charge on any atom is 0.237 e. The lowest BCUT2D eigenvalue weighted by Crippen LogP contribution is -2.33. The first-order valence-electron chi connectivity index (χ1n) is 10.5. The van der Waals surface area contributed by atoms with Crippen LogP contribution < -0.4 is 15.5 Å². The molecule has 9 heteroatoms. The molecule has 1 atom stereocenters. The number of amides is 1. The summed E-state index contributed by atoms with van der Waals surface area (Å²) in [5, 5.41) is 9.25. The highest BCUT2D eigenvalue weighted by molar-refractivity contribution is 8.00. The molecule has 1 aromatic heterocycles. The first-order valence-corrected chi connectivity index (χ1v) is 12.4. The number of hydrogen-bond acceptors (Lipinski definition) is 7. The Morgan fingerprint density at radius 3 is 2.88 bits per heavy atom. The second-order valence-electron chi connectivity index (χ2n) is 7.85. The van der Waals surface area contributed by atoms with Crippen molar-refractivity contribution in [1.82, 2.24) is 14.9 Å². The fourth-order valence-electron chi connectivity index (χ4n) is 3.56. The molecule has 2 N–H and O–H groups in total. The third-order valence-corrected chi connectivity index (χ3v) is 7.46. The van der Waals surface area contributed by atoms with Crippen molar-refractivity contribution in [3.8, 4) is 5.75 Å². The smallest absolute Gasteiger partial charge is 0.237 e. The summed E-state index contributed by atoms with van der Waals surface area (Å²) in [5.74, 6) is 7.74. The van der Waals surface area contributed by atoms with Crippen LogP contribution in [-0.2, 0) is 11.4 Å². The van der Waals surface area contributed by atoms with Crippen LogP contribution in [0.25, 0.3) is 0 Å². The van der Waals surface area contributed by atoms with Crippen molar-refractivity contribution in [2.75, 3.05) is 23.0 Å². The fourth-order valence-corrected chi connectivity index (χ4v) is 5.42. The molecule has 2 heterocycles. The van der Waals surface area contributed by atoms with Crippen molar-refractivity contribution in [2.24, 2.45) is 0 Å². The molecule has 0 saturated carbocycles. The molecule has 4 rings (SSSR count). The molecule has 32 heavy (non-hydrogen) atoms. The maximum absolute atomic E-state index is 13.1. The Morgan fingerprint density at radius 2 is 2.06 bits per heavy atom. The van der Waals surface area contributed by atoms with Gasteiger partial charge in [0.25, 0.3) is 0 Å². The standard InChI is InChI=1S/C23H27N5O2S2/c1-15-8-9-19(16(2)12-15)30-13-21-25-26-23(28(21)24)31-14-22(29)27-11-10-17(3)32-20-7-5-4-6-18(20)27/h4-9,12,17H,10-11,13-14,24H2,1-3H3. The summed E-state index contributed by atoms with van der Waals surface area (Å²) in [5.41, 5.74) is 3.21. The Kier molecular flexibility index (Phi) is 6.95. The highest BCUT2D eigenvalue weighted by Gasteiger charge is 2.24. The van der Waals surface area contributed by atoms with Gasteiger partial charge < -0.3 is 15.5 Å². The lowest BCUT2D eigenvalue weighted by atomic mass is 10.1. The summed E-state index contributed by atoms with van der Waals surface area (Å²) in [6.07, 6.45) is 0.947. The Balaban J connectivity index is 1.39. The zero-order valence-electron chi connectivity index (χ0n) is 18.4. The molecule has 1 amide bonds. The molecule has 3 aromatic rings. The molecule has 2 aromatic carbocycles. The van der Waals surface area contributed by atoms with E-state index in [1.165, 1.54) is 22.0 Å². The van der Waals surface area contributed by atoms with Crippen LogP contribution >= 0.6 is 23.5 Å². The van der Waals surface area contributed by atoms with Gasteiger partial charge in [0, 0.05) is 16.7 Å². The van der Waals surface area contributed by atoms with E-state index in [0.29, 0.717) is 22.8 Å². The lowest BCUT2D eigenvalue weighted by molar-refractivity contribution is -0.116. The number of ether oxygens (including phenoxy) is 1. The quantitative estimate of drug-likeness (QED) is 0.428. The molecule has 0 radical (unpaired) electrons. The van der Waals surface area contributed by atoms with Crippen LogP contribution in [0.5, 0.6) is 5.75 Å². The molecule has 1 aliphatic rings. The minimum atomic E-state index is 0.0354. The molecule has 168 valence electrons. The van der Waals surface area contributed by atoms with Gasteiger partial charge >= 0.3 is 0 Å². The van der Waals surface area contributed by atoms with Gasteiger partial charge in [-0.1, -0.05) is 48.5 Å². The number of hydrogen-bond donors (Lipinski definition) is 1. The summed E-state index contributed by atoms with van der Waals surface area (Å²) in [6.45, 7) is 7.15. The van der Waals surface area contributed by atoms with Crippen molar-refractivity contribution >= 4 is 35.1 Å². The lowest BCUT2D eigenvalue weighted by Gasteiger charge is -2.22. The van der Waals surface area contributed by atoms with Gasteiger partial charge in [0.1, 0.15) is 12.4 Å². The number of fused-ring (bicyclic) bond motifs is 1. The van der Waals surface area contributed by atoms with Crippen molar-refractivity contribution in [2.45, 2.75) is 49.1 Å². The van der Waals surface area contributed by atoms with E-state index in [4.69, 9.17) is 10.6 Å². The van der Waals surface area contributed by atoms with Gasteiger partial charge in [-0.2, -0.15) is 0 Å². The van der Waals surface area contributed by atoms with E-state index < -0.39 is 0 Å². The van der Waals surface area contributed by atoms with E-state index in [0.717, 1.165) is 28.3 Å². The minimum Gasteiger partial charge on any atom is -0.485 e. The van der Waals surface area contributed by atoms with Crippen LogP contribution in [0.2, 0.25) is 0 Å². The van der Waals surface area contributed by atoms with Crippen LogP contribution in [0.3, 0.4) is 0 Å². The number of nitrogens with zero attached hydrogens (tertiary/aromatic N) is 4. The molecule has 0 aliphatic carbocycles. The molecular formula is C23H27N5O2S2. The van der Waals surface area contributed by atoms with Gasteiger partial charge in [-0.15, -0.1) is 22.0 Å². The summed E-state index contributed by atoms with van der Waals surface area (Å²) in [6, 6.07) is 14.1. The summed E-state index contributed by atoms with van der Waals surface area (Å²) >= 11 is 3.11. The number of carbonyl (C=O) groups is 1. The highest BCUT2D eigenvalue weighted by Crippen LogP contribution is 2.37. The van der Waals surface area contributed by atoms with Crippen LogP contribution in [0.4, 0.5) is 5.69 Å². The molecule has 0 fully saturated rings. The monoisotopic (exact) mass is 469 g/mol. The van der Waals surface area contributed by atoms with E-state index in [1.807, 2.05) is 60.8 Å². The summed E-state index contributed by atoms with van der Waals surface area (Å²) in [7, 11) is 0. The molecule has 0 spiro atoms. The van der Waals surface area contributed by atoms with Crippen LogP contribution in [-0.4, -0.2) is 38.3 Å². The van der Waals surface area contributed by atoms with E-state index in [2.05, 4.69) is 29.3 Å². The number of rotatable bonds is 6. The zero-order valence-corrected chi connectivity index (χ0v) is 20.1. The Hall–Kier alpha value is -2.65. The molecule has 1 unspecified atom stereocenters. The van der Waals surface area contributed by atoms with Gasteiger partial charge in [0.2, 0.25) is 11.1 Å². The molecular weight excluding hydrogens is 442 g/mol. The number of carbonyl (C=O) groups excluding carboxylic acids is 1. The predicted molar refractivity (Wildman–Crippen MR) is 130 cm³/mol. The van der Waals surface area contributed by atoms with Gasteiger partial charge in [0.05, 0.1) is 11.4 Å². The number of thioether (sulfide) groups is 2. The van der Waals surface area contributed by atoms with Crippen molar-refractivity contribution in [3.05, 3.63) is 59.4 Å². The predicted octanol–water partition coefficient (Wildman–Crippen LogP) is 4.20. The first-order chi connectivity index (χ1) is 15.4. The van der Waals surface area contributed by atoms with Gasteiger partial charge in [-0.3, -0.25) is 4.79 Å². The van der Waals surface area contributed by atoms with E-state index >= 15 is 0 Å². The third-order valence-electron chi connectivity index (χ3n) is 5.29. The number of para-hydroxylation sites is 1. The normalized spacial score (nSPS) is 15.8. The third kappa shape index (κ3) is 5.05. The Morgan fingerprint density at radius 1 is 1.25 bits per heavy atom. The second kappa shape index (κ2) is 9.87. The molecule has 7 nitrogen and oxygen atoms in total. The first kappa shape index (κ1) is 22.5. The Bertz CT molecular complexity index is 1120. The SMILES string of the molecule is Cc1ccc(OCc2nnc(SCC(=O)N3CCC(C)Sc4ccccc43)n2N)c(C)c1. The number of anilines is 1. The number of aromatic nitrogens is 3. The molecule has 0 bridgehead atoms. The van der Waals surface area contributed by atoms with E-state index in [9.17, 15) is 4.79 Å². The van der Waals surface area contributed by atoms with Crippen LogP contribution in [0.15, 0.2) is 52.5 Å². The second-order valence-corrected chi connectivity index (χ2v) is 10.3. The number of nitrogens with two attached hydrogens (primary N) is 1. The van der Waals surface area contributed by atoms with Crippen LogP contribution in [0, 0.1) is 13.8 Å². The van der Waals surface area contributed by atoms with Crippen molar-refractivity contribution in [1.29, 1.82) is 0 Å². The van der Waals surface area contributed by atoms with Gasteiger partial charge in [0.15, 0.2) is 5.82 Å². The molecule has 1 aliphatic heterocycles. The fraction of sp³-hybridized carbons (Fsp3) is 0.348. The number of benzene rings is 2. The molecule has 0 saturated heterocycles. The van der Waals surface area contributed by atoms with Gasteiger partial charge in [-0.05, 0) is 44.0 Å².